The molecule has 0 aliphatic carbocycles. The third kappa shape index (κ3) is 4.70. The largest absolute Gasteiger partial charge is 0.454 e. The summed E-state index contributed by atoms with van der Waals surface area (Å²) in [6.45, 7) is 0. The van der Waals surface area contributed by atoms with E-state index in [4.69, 9.17) is 0 Å². The smallest absolute Gasteiger partial charge is 0.308 e. The molecular weight excluding hydrogens is 379 g/mol. The van der Waals surface area contributed by atoms with Crippen LogP contribution in [0.2, 0.25) is 0 Å². The van der Waals surface area contributed by atoms with Crippen LogP contribution in [-0.2, 0) is 0 Å². The lowest BCUT2D eigenvalue weighted by atomic mass is 10.1. The van der Waals surface area contributed by atoms with Crippen molar-refractivity contribution in [2.75, 3.05) is 10.6 Å². The lowest BCUT2D eigenvalue weighted by Gasteiger charge is -2.08. The van der Waals surface area contributed by atoms with Crippen LogP contribution in [0.4, 0.5) is 28.8 Å². The van der Waals surface area contributed by atoms with Gasteiger partial charge in [-0.05, 0) is 29.8 Å². The molecule has 0 saturated heterocycles. The second kappa shape index (κ2) is 7.58. The zero-order valence-corrected chi connectivity index (χ0v) is 14.4. The number of halogens is 3. The number of benzene rings is 2. The van der Waals surface area contributed by atoms with Crippen molar-refractivity contribution in [2.24, 2.45) is 0 Å². The fourth-order valence-corrected chi connectivity index (χ4v) is 3.01. The Balaban J connectivity index is 1.61. The molecule has 0 fully saturated rings. The predicted octanol–water partition coefficient (Wildman–Crippen LogP) is 5.20. The van der Waals surface area contributed by atoms with Crippen LogP contribution in [0.25, 0.3) is 10.4 Å². The molecule has 0 aliphatic rings. The number of hydrogen-bond donors (Lipinski definition) is 2. The van der Waals surface area contributed by atoms with Gasteiger partial charge in [-0.2, -0.15) is 13.2 Å². The van der Waals surface area contributed by atoms with Gasteiger partial charge in [0.1, 0.15) is 0 Å². The number of urea groups is 1. The van der Waals surface area contributed by atoms with Crippen molar-refractivity contribution < 1.29 is 22.8 Å². The number of alkyl halides is 3. The van der Waals surface area contributed by atoms with Crippen molar-refractivity contribution >= 4 is 34.0 Å². The van der Waals surface area contributed by atoms with Crippen molar-refractivity contribution in [2.45, 2.75) is 6.18 Å². The molecule has 2 amide bonds. The topological polar surface area (TPSA) is 71.1 Å². The molecule has 27 heavy (non-hydrogen) atoms. The van der Waals surface area contributed by atoms with Crippen molar-refractivity contribution in [3.8, 4) is 10.4 Å². The Morgan fingerprint density at radius 3 is 2.22 bits per heavy atom. The number of anilines is 2. The summed E-state index contributed by atoms with van der Waals surface area (Å²) >= 11 is 1.28. The van der Waals surface area contributed by atoms with E-state index in [2.05, 4.69) is 15.6 Å². The van der Waals surface area contributed by atoms with Gasteiger partial charge in [0.2, 0.25) is 0 Å². The standard InChI is InChI=1S/C18H12F3N3O2S/c19-18(20,21)15(25)12-6-8-13(9-7-12)23-16(26)24-17-22-10-14(27-17)11-4-2-1-3-5-11/h1-10H,(H2,22,23,24,26). The zero-order valence-electron chi connectivity index (χ0n) is 13.6. The molecule has 0 aliphatic heterocycles. The number of rotatable bonds is 4. The number of hydrogen-bond acceptors (Lipinski definition) is 4. The van der Waals surface area contributed by atoms with Gasteiger partial charge in [0.05, 0.1) is 4.88 Å². The van der Waals surface area contributed by atoms with Gasteiger partial charge in [-0.3, -0.25) is 10.1 Å². The predicted molar refractivity (Wildman–Crippen MR) is 97.0 cm³/mol. The number of carbonyl (C=O) groups is 2. The van der Waals surface area contributed by atoms with Gasteiger partial charge < -0.3 is 5.32 Å². The Morgan fingerprint density at radius 2 is 1.59 bits per heavy atom. The zero-order chi connectivity index (χ0) is 19.4. The first-order valence-electron chi connectivity index (χ1n) is 7.64. The van der Waals surface area contributed by atoms with Gasteiger partial charge in [0.15, 0.2) is 5.13 Å². The number of carbonyl (C=O) groups excluding carboxylic acids is 2. The third-order valence-corrected chi connectivity index (χ3v) is 4.41. The fraction of sp³-hybridized carbons (Fsp3) is 0.0556. The summed E-state index contributed by atoms with van der Waals surface area (Å²) in [5.74, 6) is -1.94. The van der Waals surface area contributed by atoms with E-state index in [1.165, 1.54) is 23.5 Å². The molecule has 3 rings (SSSR count). The van der Waals surface area contributed by atoms with Gasteiger partial charge >= 0.3 is 12.2 Å². The van der Waals surface area contributed by atoms with Crippen LogP contribution in [0.5, 0.6) is 0 Å². The van der Waals surface area contributed by atoms with E-state index in [0.29, 0.717) is 5.13 Å². The van der Waals surface area contributed by atoms with Crippen LogP contribution >= 0.6 is 11.3 Å². The summed E-state index contributed by atoms with van der Waals surface area (Å²) in [5.41, 5.74) is 0.709. The van der Waals surface area contributed by atoms with E-state index in [-0.39, 0.29) is 5.69 Å². The maximum atomic E-state index is 12.4. The molecule has 0 atom stereocenters. The Hall–Kier alpha value is -3.20. The normalized spacial score (nSPS) is 11.1. The maximum absolute atomic E-state index is 12.4. The van der Waals surface area contributed by atoms with Crippen LogP contribution in [0, 0.1) is 0 Å². The highest BCUT2D eigenvalue weighted by Crippen LogP contribution is 2.28. The van der Waals surface area contributed by atoms with E-state index >= 15 is 0 Å². The molecule has 2 N–H and O–H groups in total. The Bertz CT molecular complexity index is 954. The minimum Gasteiger partial charge on any atom is -0.308 e. The molecule has 138 valence electrons. The molecule has 0 saturated carbocycles. The highest BCUT2D eigenvalue weighted by atomic mass is 32.1. The number of thiazole rings is 1. The molecule has 0 unspecified atom stereocenters. The number of amides is 2. The first-order valence-corrected chi connectivity index (χ1v) is 8.45. The van der Waals surface area contributed by atoms with E-state index in [0.717, 1.165) is 22.6 Å². The van der Waals surface area contributed by atoms with Gasteiger partial charge in [0.25, 0.3) is 5.78 Å². The van der Waals surface area contributed by atoms with Crippen LogP contribution in [0.15, 0.2) is 60.8 Å². The monoisotopic (exact) mass is 391 g/mol. The lowest BCUT2D eigenvalue weighted by Crippen LogP contribution is -2.23. The first kappa shape index (κ1) is 18.6. The highest BCUT2D eigenvalue weighted by molar-refractivity contribution is 7.19. The van der Waals surface area contributed by atoms with Crippen LogP contribution in [0.3, 0.4) is 0 Å². The van der Waals surface area contributed by atoms with Gasteiger partial charge in [0, 0.05) is 17.4 Å². The van der Waals surface area contributed by atoms with Crippen molar-refractivity contribution in [1.82, 2.24) is 4.98 Å². The lowest BCUT2D eigenvalue weighted by molar-refractivity contribution is -0.0885. The maximum Gasteiger partial charge on any atom is 0.454 e. The van der Waals surface area contributed by atoms with Crippen LogP contribution in [0.1, 0.15) is 10.4 Å². The Labute approximate surface area is 155 Å². The van der Waals surface area contributed by atoms with Crippen molar-refractivity contribution in [3.05, 3.63) is 66.4 Å². The van der Waals surface area contributed by atoms with E-state index in [1.807, 2.05) is 30.3 Å². The van der Waals surface area contributed by atoms with Gasteiger partial charge in [-0.15, -0.1) is 0 Å². The molecule has 0 spiro atoms. The minimum absolute atomic E-state index is 0.242. The molecule has 2 aromatic carbocycles. The van der Waals surface area contributed by atoms with Crippen molar-refractivity contribution in [1.29, 1.82) is 0 Å². The van der Waals surface area contributed by atoms with Crippen LogP contribution < -0.4 is 10.6 Å². The SMILES string of the molecule is O=C(Nc1ccc(C(=O)C(F)(F)F)cc1)Nc1ncc(-c2ccccc2)s1. The second-order valence-electron chi connectivity index (χ2n) is 5.38. The molecule has 1 aromatic heterocycles. The molecular formula is C18H12F3N3O2S. The average molecular weight is 391 g/mol. The number of nitrogens with one attached hydrogen (secondary N) is 2. The highest BCUT2D eigenvalue weighted by Gasteiger charge is 2.39. The average Bonchev–Trinajstić information content (AvgIpc) is 3.10. The second-order valence-corrected chi connectivity index (χ2v) is 6.41. The van der Waals surface area contributed by atoms with Crippen LogP contribution in [-0.4, -0.2) is 23.0 Å². The summed E-state index contributed by atoms with van der Waals surface area (Å²) in [6, 6.07) is 13.4. The molecule has 5 nitrogen and oxygen atoms in total. The minimum atomic E-state index is -4.94. The molecule has 1 heterocycles. The van der Waals surface area contributed by atoms with E-state index < -0.39 is 23.6 Å². The Kier molecular flexibility index (Phi) is 5.22. The quantitative estimate of drug-likeness (QED) is 0.601. The van der Waals surface area contributed by atoms with E-state index in [9.17, 15) is 22.8 Å². The summed E-state index contributed by atoms with van der Waals surface area (Å²) in [4.78, 5) is 28.1. The number of ketones is 1. The fourth-order valence-electron chi connectivity index (χ4n) is 2.20. The number of aromatic nitrogens is 1. The molecule has 3 aromatic rings. The summed E-state index contributed by atoms with van der Waals surface area (Å²) in [5, 5.41) is 5.39. The van der Waals surface area contributed by atoms with Gasteiger partial charge in [-0.1, -0.05) is 41.7 Å². The summed E-state index contributed by atoms with van der Waals surface area (Å²) in [6.07, 6.45) is -3.30. The summed E-state index contributed by atoms with van der Waals surface area (Å²) in [7, 11) is 0. The van der Waals surface area contributed by atoms with Crippen molar-refractivity contribution in [3.63, 3.8) is 0 Å². The first-order chi connectivity index (χ1) is 12.8. The molecule has 0 bridgehead atoms. The van der Waals surface area contributed by atoms with Gasteiger partial charge in [-0.25, -0.2) is 9.78 Å². The van der Waals surface area contributed by atoms with E-state index in [1.54, 1.807) is 6.20 Å². The third-order valence-electron chi connectivity index (χ3n) is 3.45. The summed E-state index contributed by atoms with van der Waals surface area (Å²) < 4.78 is 37.1. The number of Topliss-reactive ketones (excluding diaryl/α,β-unsaturated/α-hetero) is 1. The Morgan fingerprint density at radius 1 is 0.926 bits per heavy atom. The molecule has 0 radical (unpaired) electrons. The molecule has 9 heteroatoms. The number of nitrogens with zero attached hydrogens (tertiary/aromatic N) is 1.